The second-order valence-corrected chi connectivity index (χ2v) is 4.67. The van der Waals surface area contributed by atoms with Crippen molar-refractivity contribution < 1.29 is 49.4 Å². The zero-order valence-corrected chi connectivity index (χ0v) is 12.2. The Labute approximate surface area is 96.2 Å². The third-order valence-corrected chi connectivity index (χ3v) is 2.80. The van der Waals surface area contributed by atoms with Crippen molar-refractivity contribution in [3.63, 3.8) is 0 Å². The summed E-state index contributed by atoms with van der Waals surface area (Å²) in [6.07, 6.45) is 5.59. The molecule has 58 valence electrons. The van der Waals surface area contributed by atoms with Crippen LogP contribution < -0.4 is 0 Å². The summed E-state index contributed by atoms with van der Waals surface area (Å²) in [6, 6.07) is 0. The second kappa shape index (κ2) is 17.0. The Kier molecular flexibility index (Phi) is 24.3. The summed E-state index contributed by atoms with van der Waals surface area (Å²) in [5, 5.41) is 0. The van der Waals surface area contributed by atoms with E-state index in [1.165, 1.54) is 33.9 Å². The first-order valence-corrected chi connectivity index (χ1v) is 7.60. The molecule has 2 heteroatoms. The molecule has 0 N–H and O–H groups in total. The average Bonchev–Trinajstić information content (AvgIpc) is 1.93. The van der Waals surface area contributed by atoms with E-state index in [2.05, 4.69) is 13.8 Å². The molecule has 10 heavy (non-hydrogen) atoms. The third-order valence-electron chi connectivity index (χ3n) is 1.06. The molecule has 0 aliphatic rings. The maximum absolute atomic E-state index is 2.23. The average molecular weight is 297 g/mol. The van der Waals surface area contributed by atoms with Gasteiger partial charge in [0.1, 0.15) is 0 Å². The number of unbranched alkanes of at least 4 members (excludes halogenated alkanes) is 2. The van der Waals surface area contributed by atoms with E-state index in [9.17, 15) is 0 Å². The minimum absolute atomic E-state index is 1.37. The molecule has 0 radical (unpaired) electrons. The van der Waals surface area contributed by atoms with Gasteiger partial charge >= 0.3 is 97.2 Å². The van der Waals surface area contributed by atoms with Gasteiger partial charge in [-0.3, -0.25) is 0 Å². The monoisotopic (exact) mass is 294 g/mol. The van der Waals surface area contributed by atoms with Crippen LogP contribution in [0.3, 0.4) is 0 Å². The van der Waals surface area contributed by atoms with Crippen LogP contribution in [0.1, 0.15) is 39.5 Å². The van der Waals surface area contributed by atoms with E-state index < -0.39 is 0 Å². The minimum atomic E-state index is 1.37. The van der Waals surface area contributed by atoms with Gasteiger partial charge in [0.05, 0.1) is 0 Å². The molecule has 0 atom stereocenters. The quantitative estimate of drug-likeness (QED) is 0.745. The molecular weight excluding hydrogens is 279 g/mol. The van der Waals surface area contributed by atoms with Gasteiger partial charge < -0.3 is 0 Å². The van der Waals surface area contributed by atoms with Gasteiger partial charge in [0.2, 0.25) is 0 Å². The topological polar surface area (TPSA) is 0 Å². The first-order valence-electron chi connectivity index (χ1n) is 4.12. The first-order chi connectivity index (χ1) is 4.83. The van der Waals surface area contributed by atoms with Crippen LogP contribution in [0, 0.1) is 0 Å². The van der Waals surface area contributed by atoms with Gasteiger partial charge in [0.15, 0.2) is 0 Å². The fourth-order valence-electron chi connectivity index (χ4n) is 0.354. The summed E-state index contributed by atoms with van der Waals surface area (Å²) >= 11 is 3.37. The van der Waals surface area contributed by atoms with Crippen molar-refractivity contribution in [3.05, 3.63) is 0 Å². The Morgan fingerprint density at radius 1 is 0.800 bits per heavy atom. The van der Waals surface area contributed by atoms with Crippen LogP contribution in [0.15, 0.2) is 0 Å². The molecular formula is C8H18Zr2. The van der Waals surface area contributed by atoms with E-state index in [1.54, 1.807) is 49.4 Å². The molecule has 0 saturated carbocycles. The third kappa shape index (κ3) is 22.6. The van der Waals surface area contributed by atoms with E-state index in [1.807, 2.05) is 0 Å². The number of hydrogen-bond donors (Lipinski definition) is 0. The van der Waals surface area contributed by atoms with Gasteiger partial charge in [0.25, 0.3) is 0 Å². The Bertz CT molecular complexity index is 28.2. The zero-order valence-electron chi connectivity index (χ0n) is 7.24. The molecule has 0 fully saturated rings. The summed E-state index contributed by atoms with van der Waals surface area (Å²) in [5.74, 6) is 0. The fourth-order valence-corrected chi connectivity index (χ4v) is 2.09. The zero-order chi connectivity index (χ0) is 8.24. The van der Waals surface area contributed by atoms with Gasteiger partial charge in [-0.05, 0) is 0 Å². The van der Waals surface area contributed by atoms with Gasteiger partial charge in [-0.2, -0.15) is 0 Å². The van der Waals surface area contributed by atoms with Crippen molar-refractivity contribution in [2.24, 2.45) is 0 Å². The normalized spacial score (nSPS) is 8.00. The van der Waals surface area contributed by atoms with Crippen LogP contribution in [-0.4, -0.2) is 0 Å². The Hall–Kier alpha value is 1.77. The predicted molar refractivity (Wildman–Crippen MR) is 39.4 cm³/mol. The van der Waals surface area contributed by atoms with E-state index >= 15 is 0 Å². The van der Waals surface area contributed by atoms with E-state index in [-0.39, 0.29) is 0 Å². The first kappa shape index (κ1) is 14.3. The molecule has 0 nitrogen and oxygen atoms in total. The molecule has 0 aliphatic carbocycles. The summed E-state index contributed by atoms with van der Waals surface area (Å²) in [7, 11) is 0. The molecule has 0 heterocycles. The summed E-state index contributed by atoms with van der Waals surface area (Å²) in [5.41, 5.74) is 0. The van der Waals surface area contributed by atoms with Crippen LogP contribution in [0.2, 0.25) is 8.26 Å². The van der Waals surface area contributed by atoms with Gasteiger partial charge in [-0.15, -0.1) is 0 Å². The van der Waals surface area contributed by atoms with Crippen molar-refractivity contribution in [1.29, 1.82) is 0 Å². The van der Waals surface area contributed by atoms with Crippen molar-refractivity contribution in [2.75, 3.05) is 0 Å². The van der Waals surface area contributed by atoms with Gasteiger partial charge in [-0.25, -0.2) is 0 Å². The Morgan fingerprint density at radius 3 is 1.10 bits per heavy atom. The molecule has 0 rings (SSSR count). The van der Waals surface area contributed by atoms with E-state index in [0.717, 1.165) is 0 Å². The molecule has 0 bridgehead atoms. The van der Waals surface area contributed by atoms with Crippen LogP contribution >= 0.6 is 0 Å². The molecule has 0 spiro atoms. The van der Waals surface area contributed by atoms with Crippen LogP contribution in [-0.2, 0) is 49.4 Å². The molecule has 0 amide bonds. The molecule has 0 aromatic rings. The molecule has 0 aromatic carbocycles. The SMILES string of the molecule is CCC[CH2][Zr].CCC[CH2][Zr]. The Morgan fingerprint density at radius 2 is 1.10 bits per heavy atom. The van der Waals surface area contributed by atoms with Crippen LogP contribution in [0.25, 0.3) is 0 Å². The van der Waals surface area contributed by atoms with E-state index in [0.29, 0.717) is 0 Å². The fraction of sp³-hybridized carbons (Fsp3) is 1.00. The van der Waals surface area contributed by atoms with Crippen LogP contribution in [0.5, 0.6) is 0 Å². The van der Waals surface area contributed by atoms with E-state index in [4.69, 9.17) is 0 Å². The molecule has 0 aromatic heterocycles. The predicted octanol–water partition coefficient (Wildman–Crippen LogP) is 3.50. The summed E-state index contributed by atoms with van der Waals surface area (Å²) in [4.78, 5) is 0. The number of hydrogen-bond acceptors (Lipinski definition) is 0. The molecule has 0 saturated heterocycles. The maximum atomic E-state index is 2.23. The summed E-state index contributed by atoms with van der Waals surface area (Å²) < 4.78 is 2.87. The van der Waals surface area contributed by atoms with Crippen molar-refractivity contribution in [2.45, 2.75) is 47.8 Å². The Balaban J connectivity index is 0. The van der Waals surface area contributed by atoms with Crippen molar-refractivity contribution >= 4 is 0 Å². The van der Waals surface area contributed by atoms with Crippen molar-refractivity contribution in [3.8, 4) is 0 Å². The summed E-state index contributed by atoms with van der Waals surface area (Å²) in [6.45, 7) is 4.45. The number of rotatable bonds is 4. The van der Waals surface area contributed by atoms with Crippen LogP contribution in [0.4, 0.5) is 0 Å². The van der Waals surface area contributed by atoms with Crippen molar-refractivity contribution in [1.82, 2.24) is 0 Å². The molecule has 0 aliphatic heterocycles. The van der Waals surface area contributed by atoms with Gasteiger partial charge in [0, 0.05) is 0 Å². The second-order valence-electron chi connectivity index (χ2n) is 2.21. The standard InChI is InChI=1S/2C4H9.2Zr/c2*1-3-4-2;;/h2*1,3-4H2,2H3;;. The van der Waals surface area contributed by atoms with Gasteiger partial charge in [-0.1, -0.05) is 0 Å². The molecule has 0 unspecified atom stereocenters.